The molecule has 1 aromatic heterocycles. The third-order valence-electron chi connectivity index (χ3n) is 3.36. The molecule has 0 spiro atoms. The second-order valence-corrected chi connectivity index (χ2v) is 5.18. The molecule has 2 heterocycles. The largest absolute Gasteiger partial charge is 0.491 e. The Kier molecular flexibility index (Phi) is 3.66. The van der Waals surface area contributed by atoms with E-state index in [1.165, 1.54) is 6.20 Å². The molecule has 1 aromatic carbocycles. The molecule has 2 aromatic rings. The van der Waals surface area contributed by atoms with Crippen LogP contribution in [-0.4, -0.2) is 24.0 Å². The van der Waals surface area contributed by atoms with Gasteiger partial charge in [0.1, 0.15) is 18.2 Å². The Balaban J connectivity index is 1.92. The quantitative estimate of drug-likeness (QED) is 0.924. The number of primary amides is 1. The fourth-order valence-corrected chi connectivity index (χ4v) is 2.59. The van der Waals surface area contributed by atoms with Crippen LogP contribution in [0.2, 0.25) is 5.02 Å². The Morgan fingerprint density at radius 1 is 1.38 bits per heavy atom. The van der Waals surface area contributed by atoms with E-state index < -0.39 is 5.91 Å². The number of carbonyl (C=O) groups is 1. The van der Waals surface area contributed by atoms with Crippen LogP contribution >= 0.6 is 11.6 Å². The van der Waals surface area contributed by atoms with Crippen LogP contribution in [0.15, 0.2) is 36.5 Å². The minimum Gasteiger partial charge on any atom is -0.491 e. The van der Waals surface area contributed by atoms with Crippen molar-refractivity contribution in [3.63, 3.8) is 0 Å². The summed E-state index contributed by atoms with van der Waals surface area (Å²) in [4.78, 5) is 17.5. The van der Waals surface area contributed by atoms with E-state index in [2.05, 4.69) is 4.98 Å². The van der Waals surface area contributed by atoms with Gasteiger partial charge in [0.2, 0.25) is 5.91 Å². The van der Waals surface area contributed by atoms with Gasteiger partial charge < -0.3 is 15.4 Å². The highest BCUT2D eigenvalue weighted by Gasteiger charge is 2.19. The summed E-state index contributed by atoms with van der Waals surface area (Å²) < 4.78 is 5.72. The molecule has 3 rings (SSSR count). The predicted molar refractivity (Wildman–Crippen MR) is 80.8 cm³/mol. The number of rotatable bonds is 2. The van der Waals surface area contributed by atoms with Gasteiger partial charge in [0, 0.05) is 18.3 Å². The summed E-state index contributed by atoms with van der Waals surface area (Å²) in [6.07, 6.45) is 1.45. The first-order valence-electron chi connectivity index (χ1n) is 6.56. The first kappa shape index (κ1) is 13.7. The Morgan fingerprint density at radius 3 is 2.95 bits per heavy atom. The second-order valence-electron chi connectivity index (χ2n) is 4.77. The number of amides is 1. The van der Waals surface area contributed by atoms with Crippen molar-refractivity contribution in [3.8, 4) is 5.75 Å². The minimum absolute atomic E-state index is 0.301. The van der Waals surface area contributed by atoms with Crippen molar-refractivity contribution in [2.45, 2.75) is 6.54 Å². The van der Waals surface area contributed by atoms with Gasteiger partial charge >= 0.3 is 0 Å². The fourth-order valence-electron chi connectivity index (χ4n) is 2.30. The average molecular weight is 304 g/mol. The second kappa shape index (κ2) is 5.61. The molecule has 5 nitrogen and oxygen atoms in total. The van der Waals surface area contributed by atoms with Gasteiger partial charge in [-0.3, -0.25) is 4.79 Å². The molecule has 0 unspecified atom stereocenters. The molecule has 1 aliphatic heterocycles. The van der Waals surface area contributed by atoms with Crippen LogP contribution < -0.4 is 15.4 Å². The molecule has 6 heteroatoms. The maximum Gasteiger partial charge on any atom is 0.250 e. The van der Waals surface area contributed by atoms with Crippen LogP contribution in [0.1, 0.15) is 15.9 Å². The summed E-state index contributed by atoms with van der Waals surface area (Å²) in [5, 5.41) is 0.408. The monoisotopic (exact) mass is 303 g/mol. The molecule has 0 fully saturated rings. The lowest BCUT2D eigenvalue weighted by Crippen LogP contribution is -2.26. The van der Waals surface area contributed by atoms with Crippen molar-refractivity contribution in [2.75, 3.05) is 18.1 Å². The van der Waals surface area contributed by atoms with Gasteiger partial charge in [-0.25, -0.2) is 4.98 Å². The lowest BCUT2D eigenvalue weighted by Gasteiger charge is -2.22. The van der Waals surface area contributed by atoms with Crippen LogP contribution in [0, 0.1) is 0 Å². The number of ether oxygens (including phenoxy) is 1. The Hall–Kier alpha value is -2.27. The number of aromatic nitrogens is 1. The zero-order valence-corrected chi connectivity index (χ0v) is 12.0. The molecule has 0 aliphatic carbocycles. The summed E-state index contributed by atoms with van der Waals surface area (Å²) in [6.45, 7) is 1.86. The number of hydrogen-bond donors (Lipinski definition) is 1. The van der Waals surface area contributed by atoms with E-state index in [1.54, 1.807) is 6.07 Å². The van der Waals surface area contributed by atoms with E-state index in [1.807, 2.05) is 29.2 Å². The van der Waals surface area contributed by atoms with Crippen molar-refractivity contribution in [2.24, 2.45) is 5.73 Å². The molecule has 0 saturated heterocycles. The number of benzene rings is 1. The lowest BCUT2D eigenvalue weighted by molar-refractivity contribution is 0.1000. The first-order valence-corrected chi connectivity index (χ1v) is 6.94. The van der Waals surface area contributed by atoms with Crippen LogP contribution in [0.3, 0.4) is 0 Å². The standard InChI is InChI=1S/C15H14ClN3O2/c16-12-7-11(14(17)20)8-18-15(12)19-5-6-21-13-4-2-1-3-10(13)9-19/h1-4,7-8H,5-6,9H2,(H2,17,20). The molecule has 2 N–H and O–H groups in total. The average Bonchev–Trinajstić information content (AvgIpc) is 2.69. The van der Waals surface area contributed by atoms with E-state index >= 15 is 0 Å². The van der Waals surface area contributed by atoms with Crippen molar-refractivity contribution >= 4 is 23.3 Å². The predicted octanol–water partition coefficient (Wildman–Crippen LogP) is 2.23. The number of carbonyl (C=O) groups excluding carboxylic acids is 1. The highest BCUT2D eigenvalue weighted by atomic mass is 35.5. The first-order chi connectivity index (χ1) is 10.1. The summed E-state index contributed by atoms with van der Waals surface area (Å²) in [7, 11) is 0. The number of para-hydroxylation sites is 1. The molecule has 1 amide bonds. The molecule has 108 valence electrons. The van der Waals surface area contributed by atoms with Gasteiger partial charge in [-0.1, -0.05) is 29.8 Å². The Morgan fingerprint density at radius 2 is 2.19 bits per heavy atom. The summed E-state index contributed by atoms with van der Waals surface area (Å²) in [6, 6.07) is 9.42. The Labute approximate surface area is 127 Å². The van der Waals surface area contributed by atoms with Crippen molar-refractivity contribution in [1.82, 2.24) is 4.98 Å². The number of nitrogens with zero attached hydrogens (tertiary/aromatic N) is 2. The number of pyridine rings is 1. The van der Waals surface area contributed by atoms with Gasteiger partial charge in [0.05, 0.1) is 17.1 Å². The molecule has 0 atom stereocenters. The third-order valence-corrected chi connectivity index (χ3v) is 3.64. The molecule has 21 heavy (non-hydrogen) atoms. The van der Waals surface area contributed by atoms with Crippen molar-refractivity contribution in [3.05, 3.63) is 52.7 Å². The highest BCUT2D eigenvalue weighted by Crippen LogP contribution is 2.29. The van der Waals surface area contributed by atoms with Gasteiger partial charge in [-0.2, -0.15) is 0 Å². The van der Waals surface area contributed by atoms with Gasteiger partial charge in [-0.15, -0.1) is 0 Å². The summed E-state index contributed by atoms with van der Waals surface area (Å²) in [5.74, 6) is 0.965. The van der Waals surface area contributed by atoms with Gasteiger partial charge in [0.25, 0.3) is 0 Å². The smallest absolute Gasteiger partial charge is 0.250 e. The maximum absolute atomic E-state index is 11.1. The van der Waals surface area contributed by atoms with Crippen molar-refractivity contribution in [1.29, 1.82) is 0 Å². The van der Waals surface area contributed by atoms with Crippen LogP contribution in [0.25, 0.3) is 0 Å². The van der Waals surface area contributed by atoms with Gasteiger partial charge in [-0.05, 0) is 12.1 Å². The molecule has 1 aliphatic rings. The number of hydrogen-bond acceptors (Lipinski definition) is 4. The van der Waals surface area contributed by atoms with E-state index in [0.717, 1.165) is 11.3 Å². The molecular weight excluding hydrogens is 290 g/mol. The zero-order chi connectivity index (χ0) is 14.8. The number of fused-ring (bicyclic) bond motifs is 1. The summed E-state index contributed by atoms with van der Waals surface area (Å²) >= 11 is 6.23. The van der Waals surface area contributed by atoms with E-state index in [9.17, 15) is 4.79 Å². The SMILES string of the molecule is NC(=O)c1cnc(N2CCOc3ccccc3C2)c(Cl)c1. The molecular formula is C15H14ClN3O2. The Bertz CT molecular complexity index is 690. The number of halogens is 1. The zero-order valence-electron chi connectivity index (χ0n) is 11.3. The van der Waals surface area contributed by atoms with Crippen LogP contribution in [0.4, 0.5) is 5.82 Å². The minimum atomic E-state index is -0.541. The topological polar surface area (TPSA) is 68.5 Å². The fraction of sp³-hybridized carbons (Fsp3) is 0.200. The van der Waals surface area contributed by atoms with Crippen LogP contribution in [-0.2, 0) is 6.54 Å². The maximum atomic E-state index is 11.1. The molecule has 0 bridgehead atoms. The number of anilines is 1. The lowest BCUT2D eigenvalue weighted by atomic mass is 10.2. The van der Waals surface area contributed by atoms with Gasteiger partial charge in [0.15, 0.2) is 0 Å². The van der Waals surface area contributed by atoms with E-state index in [4.69, 9.17) is 22.1 Å². The molecule has 0 saturated carbocycles. The van der Waals surface area contributed by atoms with Crippen molar-refractivity contribution < 1.29 is 9.53 Å². The third kappa shape index (κ3) is 2.78. The van der Waals surface area contributed by atoms with Crippen LogP contribution in [0.5, 0.6) is 5.75 Å². The number of nitrogens with two attached hydrogens (primary N) is 1. The van der Waals surface area contributed by atoms with E-state index in [0.29, 0.717) is 36.1 Å². The highest BCUT2D eigenvalue weighted by molar-refractivity contribution is 6.33. The normalized spacial score (nSPS) is 14.0. The summed E-state index contributed by atoms with van der Waals surface area (Å²) in [5.41, 5.74) is 6.61. The molecule has 0 radical (unpaired) electrons. The van der Waals surface area contributed by atoms with E-state index in [-0.39, 0.29) is 0 Å².